The summed E-state index contributed by atoms with van der Waals surface area (Å²) in [5, 5.41) is 2.94. The highest BCUT2D eigenvalue weighted by Gasteiger charge is 2.32. The number of carbonyl (C=O) groups is 1. The minimum atomic E-state index is -0.221. The second-order valence-corrected chi connectivity index (χ2v) is 7.73. The first-order valence-electron chi connectivity index (χ1n) is 10.4. The average molecular weight is 399 g/mol. The first-order chi connectivity index (χ1) is 14.2. The lowest BCUT2D eigenvalue weighted by Crippen LogP contribution is -3.11. The topological polar surface area (TPSA) is 52.0 Å². The van der Waals surface area contributed by atoms with Gasteiger partial charge in [0.1, 0.15) is 11.9 Å². The quantitative estimate of drug-likeness (QED) is 0.782. The molecule has 0 bridgehead atoms. The molecule has 2 heterocycles. The fraction of sp³-hybridized carbons (Fsp3) is 0.435. The number of fused-ring (bicyclic) bond motifs is 1. The average Bonchev–Trinajstić information content (AvgIpc) is 3.04. The molecular weight excluding hydrogens is 371 g/mol. The van der Waals surface area contributed by atoms with E-state index in [2.05, 4.69) is 17.4 Å². The number of benzene rings is 2. The zero-order chi connectivity index (χ0) is 20.1. The lowest BCUT2D eigenvalue weighted by Gasteiger charge is -2.22. The summed E-state index contributed by atoms with van der Waals surface area (Å²) in [6.07, 6.45) is 3.53. The normalized spacial score (nSPS) is 20.9. The Labute approximate surface area is 170 Å². The number of quaternary nitrogens is 1. The largest absolute Gasteiger partial charge is 0.490 e. The lowest BCUT2D eigenvalue weighted by molar-refractivity contribution is -0.910. The summed E-state index contributed by atoms with van der Waals surface area (Å²) in [5.41, 5.74) is 1.83. The summed E-state index contributed by atoms with van der Waals surface area (Å²) in [5.74, 6) is 1.40. The Balaban J connectivity index is 1.33. The molecule has 0 radical (unpaired) electrons. The molecule has 154 valence electrons. The van der Waals surface area contributed by atoms with E-state index in [0.29, 0.717) is 38.3 Å². The Hall–Kier alpha value is -2.60. The van der Waals surface area contributed by atoms with Crippen LogP contribution in [-0.2, 0) is 11.2 Å². The molecule has 1 fully saturated rings. The molecular formula is C23H28FN2O3+. The number of nitrogens with one attached hydrogen (secondary N) is 2. The van der Waals surface area contributed by atoms with Crippen molar-refractivity contribution in [2.45, 2.75) is 31.7 Å². The monoisotopic (exact) mass is 399 g/mol. The molecule has 2 N–H and O–H groups in total. The number of halogens is 1. The van der Waals surface area contributed by atoms with Crippen LogP contribution in [0, 0.1) is 5.82 Å². The fourth-order valence-electron chi connectivity index (χ4n) is 4.23. The van der Waals surface area contributed by atoms with Crippen molar-refractivity contribution in [3.8, 4) is 11.5 Å². The molecule has 0 aromatic heterocycles. The van der Waals surface area contributed by atoms with Crippen LogP contribution in [0.25, 0.3) is 0 Å². The van der Waals surface area contributed by atoms with Gasteiger partial charge in [-0.25, -0.2) is 4.39 Å². The summed E-state index contributed by atoms with van der Waals surface area (Å²) >= 11 is 0. The van der Waals surface area contributed by atoms with Gasteiger partial charge in [0.15, 0.2) is 18.0 Å². The highest BCUT2D eigenvalue weighted by molar-refractivity contribution is 5.76. The van der Waals surface area contributed by atoms with Crippen LogP contribution >= 0.6 is 0 Å². The van der Waals surface area contributed by atoms with Crippen LogP contribution in [-0.4, -0.2) is 38.8 Å². The van der Waals surface area contributed by atoms with Crippen molar-refractivity contribution in [3.63, 3.8) is 0 Å². The molecule has 2 aliphatic rings. The molecule has 4 rings (SSSR count). The van der Waals surface area contributed by atoms with Gasteiger partial charge in [-0.3, -0.25) is 4.79 Å². The Bertz CT molecular complexity index is 858. The van der Waals surface area contributed by atoms with Crippen molar-refractivity contribution in [2.75, 3.05) is 32.8 Å². The molecule has 2 aliphatic heterocycles. The lowest BCUT2D eigenvalue weighted by atomic mass is 10.0. The smallest absolute Gasteiger partial charge is 0.275 e. The maximum Gasteiger partial charge on any atom is 0.275 e. The number of hydrogen-bond acceptors (Lipinski definition) is 3. The summed E-state index contributed by atoms with van der Waals surface area (Å²) < 4.78 is 25.2. The van der Waals surface area contributed by atoms with E-state index in [9.17, 15) is 9.18 Å². The zero-order valence-electron chi connectivity index (χ0n) is 16.6. The summed E-state index contributed by atoms with van der Waals surface area (Å²) in [7, 11) is 0. The van der Waals surface area contributed by atoms with Gasteiger partial charge in [-0.05, 0) is 36.2 Å². The van der Waals surface area contributed by atoms with Crippen molar-refractivity contribution in [3.05, 3.63) is 59.4 Å². The van der Waals surface area contributed by atoms with Crippen LogP contribution in [0.5, 0.6) is 11.5 Å². The molecule has 6 heteroatoms. The molecule has 5 nitrogen and oxygen atoms in total. The van der Waals surface area contributed by atoms with Crippen LogP contribution < -0.4 is 19.7 Å². The third-order valence-electron chi connectivity index (χ3n) is 5.72. The van der Waals surface area contributed by atoms with Crippen molar-refractivity contribution in [1.82, 2.24) is 5.32 Å². The number of hydrogen-bond donors (Lipinski definition) is 2. The molecule has 2 aromatic rings. The van der Waals surface area contributed by atoms with E-state index in [1.165, 1.54) is 16.5 Å². The SMILES string of the molecule is O=C(C[NH+]1CCC[C@@H]1c1ccc2c(c1)OCCCO2)NCCc1ccccc1F. The van der Waals surface area contributed by atoms with E-state index in [0.717, 1.165) is 37.3 Å². The third-order valence-corrected chi connectivity index (χ3v) is 5.72. The van der Waals surface area contributed by atoms with E-state index >= 15 is 0 Å². The highest BCUT2D eigenvalue weighted by atomic mass is 19.1. The zero-order valence-corrected chi connectivity index (χ0v) is 16.6. The van der Waals surface area contributed by atoms with Crippen molar-refractivity contribution < 1.29 is 23.6 Å². The van der Waals surface area contributed by atoms with Gasteiger partial charge in [-0.1, -0.05) is 18.2 Å². The summed E-state index contributed by atoms with van der Waals surface area (Å²) in [6, 6.07) is 13.1. The first-order valence-corrected chi connectivity index (χ1v) is 10.4. The Morgan fingerprint density at radius 1 is 1.10 bits per heavy atom. The Morgan fingerprint density at radius 2 is 1.93 bits per heavy atom. The standard InChI is InChI=1S/C23H27FN2O3/c24-19-6-2-1-5-17(19)10-11-25-23(27)16-26-12-3-7-20(26)18-8-9-21-22(15-18)29-14-4-13-28-21/h1-2,5-6,8-9,15,20H,3-4,7,10-14,16H2,(H,25,27)/p+1/t20-/m1/s1. The third kappa shape index (κ3) is 4.88. The molecule has 1 amide bonds. The second kappa shape index (κ2) is 9.27. The Morgan fingerprint density at radius 3 is 2.79 bits per heavy atom. The molecule has 1 unspecified atom stereocenters. The van der Waals surface area contributed by atoms with Gasteiger partial charge >= 0.3 is 0 Å². The predicted molar refractivity (Wildman–Crippen MR) is 108 cm³/mol. The molecule has 2 atom stereocenters. The van der Waals surface area contributed by atoms with E-state index in [1.54, 1.807) is 12.1 Å². The second-order valence-electron chi connectivity index (χ2n) is 7.73. The van der Waals surface area contributed by atoms with E-state index in [-0.39, 0.29) is 17.8 Å². The van der Waals surface area contributed by atoms with Gasteiger partial charge in [0.2, 0.25) is 0 Å². The van der Waals surface area contributed by atoms with Crippen LogP contribution in [0.2, 0.25) is 0 Å². The Kier molecular flexibility index (Phi) is 6.30. The molecule has 0 spiro atoms. The van der Waals surface area contributed by atoms with Gasteiger partial charge in [0.05, 0.1) is 19.8 Å². The minimum absolute atomic E-state index is 0.0117. The van der Waals surface area contributed by atoms with Gasteiger partial charge in [-0.2, -0.15) is 0 Å². The number of rotatable bonds is 6. The number of carbonyl (C=O) groups excluding carboxylic acids is 1. The van der Waals surface area contributed by atoms with Gasteiger partial charge in [-0.15, -0.1) is 0 Å². The highest BCUT2D eigenvalue weighted by Crippen LogP contribution is 2.33. The minimum Gasteiger partial charge on any atom is -0.490 e. The number of ether oxygens (including phenoxy) is 2. The molecule has 29 heavy (non-hydrogen) atoms. The van der Waals surface area contributed by atoms with Crippen molar-refractivity contribution >= 4 is 5.91 Å². The van der Waals surface area contributed by atoms with Gasteiger partial charge in [0, 0.05) is 31.4 Å². The van der Waals surface area contributed by atoms with Crippen molar-refractivity contribution in [2.24, 2.45) is 0 Å². The van der Waals surface area contributed by atoms with E-state index in [4.69, 9.17) is 9.47 Å². The van der Waals surface area contributed by atoms with Crippen LogP contribution in [0.3, 0.4) is 0 Å². The maximum atomic E-state index is 13.7. The van der Waals surface area contributed by atoms with Gasteiger partial charge in [0.25, 0.3) is 5.91 Å². The fourth-order valence-corrected chi connectivity index (χ4v) is 4.23. The summed E-state index contributed by atoms with van der Waals surface area (Å²) in [4.78, 5) is 13.7. The van der Waals surface area contributed by atoms with Gasteiger partial charge < -0.3 is 19.7 Å². The van der Waals surface area contributed by atoms with Crippen molar-refractivity contribution in [1.29, 1.82) is 0 Å². The first kappa shape index (κ1) is 19.7. The number of amides is 1. The number of likely N-dealkylation sites (tertiary alicyclic amines) is 1. The van der Waals surface area contributed by atoms with Crippen LogP contribution in [0.15, 0.2) is 42.5 Å². The molecule has 1 saturated heterocycles. The molecule has 2 aromatic carbocycles. The van der Waals surface area contributed by atoms with E-state index in [1.807, 2.05) is 12.1 Å². The van der Waals surface area contributed by atoms with Crippen LogP contribution in [0.4, 0.5) is 4.39 Å². The summed E-state index contributed by atoms with van der Waals surface area (Å²) in [6.45, 7) is 3.19. The predicted octanol–water partition coefficient (Wildman–Crippen LogP) is 2.07. The molecule has 0 aliphatic carbocycles. The van der Waals surface area contributed by atoms with Crippen LogP contribution in [0.1, 0.15) is 36.4 Å². The maximum absolute atomic E-state index is 13.7. The molecule has 0 saturated carbocycles. The van der Waals surface area contributed by atoms with E-state index < -0.39 is 0 Å².